The Morgan fingerprint density at radius 2 is 2.07 bits per heavy atom. The number of benzene rings is 2. The number of amides is 1. The lowest BCUT2D eigenvalue weighted by Gasteiger charge is -2.20. The Kier molecular flexibility index (Phi) is 5.05. The van der Waals surface area contributed by atoms with Crippen molar-refractivity contribution in [2.45, 2.75) is 19.4 Å². The predicted molar refractivity (Wildman–Crippen MR) is 115 cm³/mol. The lowest BCUT2D eigenvalue weighted by atomic mass is 10.2. The van der Waals surface area contributed by atoms with Gasteiger partial charge in [0, 0.05) is 43.2 Å². The van der Waals surface area contributed by atoms with Crippen LogP contribution in [0.1, 0.15) is 13.3 Å². The second-order valence-electron chi connectivity index (χ2n) is 7.18. The highest BCUT2D eigenvalue weighted by molar-refractivity contribution is 5.91. The minimum absolute atomic E-state index is 0.0540. The maximum atomic E-state index is 11.4. The number of nitro groups is 1. The average Bonchev–Trinajstić information content (AvgIpc) is 3.16. The lowest BCUT2D eigenvalue weighted by Crippen LogP contribution is -2.35. The molecule has 4 rings (SSSR count). The van der Waals surface area contributed by atoms with Crippen molar-refractivity contribution in [3.63, 3.8) is 0 Å². The summed E-state index contributed by atoms with van der Waals surface area (Å²) in [6, 6.07) is 12.2. The molecule has 1 atom stereocenters. The molecule has 10 heteroatoms. The van der Waals surface area contributed by atoms with Crippen LogP contribution in [0.15, 0.2) is 42.5 Å². The van der Waals surface area contributed by atoms with E-state index in [-0.39, 0.29) is 23.3 Å². The van der Waals surface area contributed by atoms with Gasteiger partial charge in [-0.05, 0) is 30.7 Å². The van der Waals surface area contributed by atoms with Gasteiger partial charge in [0.05, 0.1) is 10.4 Å². The minimum atomic E-state index is -0.528. The van der Waals surface area contributed by atoms with Crippen molar-refractivity contribution >= 4 is 45.6 Å². The first-order valence-corrected chi connectivity index (χ1v) is 9.50. The van der Waals surface area contributed by atoms with Gasteiger partial charge in [-0.25, -0.2) is 4.98 Å². The van der Waals surface area contributed by atoms with Crippen LogP contribution in [0.4, 0.5) is 28.8 Å². The number of nitrogen functional groups attached to an aromatic ring is 1. The van der Waals surface area contributed by atoms with Crippen LogP contribution in [0, 0.1) is 10.1 Å². The molecule has 1 aromatic heterocycles. The Bertz CT molecular complexity index is 1130. The van der Waals surface area contributed by atoms with Crippen molar-refractivity contribution < 1.29 is 9.72 Å². The molecule has 0 unspecified atom stereocenters. The predicted octanol–water partition coefficient (Wildman–Crippen LogP) is 2.58. The molecular weight excluding hydrogens is 386 g/mol. The molecular formula is C20H21N7O3. The molecule has 10 nitrogen and oxygen atoms in total. The molecule has 4 N–H and O–H groups in total. The zero-order valence-corrected chi connectivity index (χ0v) is 16.3. The van der Waals surface area contributed by atoms with Crippen molar-refractivity contribution in [1.29, 1.82) is 0 Å². The van der Waals surface area contributed by atoms with Gasteiger partial charge in [-0.1, -0.05) is 12.1 Å². The summed E-state index contributed by atoms with van der Waals surface area (Å²) in [4.78, 5) is 33.4. The van der Waals surface area contributed by atoms with Crippen molar-refractivity contribution in [3.8, 4) is 0 Å². The summed E-state index contributed by atoms with van der Waals surface area (Å²) in [6.45, 7) is 2.91. The smallest absolute Gasteiger partial charge is 0.294 e. The zero-order chi connectivity index (χ0) is 21.3. The number of aromatic nitrogens is 2. The number of carbonyl (C=O) groups is 1. The molecule has 1 amide bonds. The van der Waals surface area contributed by atoms with Gasteiger partial charge in [0.2, 0.25) is 11.9 Å². The highest BCUT2D eigenvalue weighted by Crippen LogP contribution is 2.30. The minimum Gasteiger partial charge on any atom is -0.393 e. The topological polar surface area (TPSA) is 139 Å². The zero-order valence-electron chi connectivity index (χ0n) is 16.3. The van der Waals surface area contributed by atoms with Gasteiger partial charge in [-0.15, -0.1) is 0 Å². The Hall–Kier alpha value is -3.95. The van der Waals surface area contributed by atoms with Crippen LogP contribution < -0.4 is 21.3 Å². The molecule has 0 radical (unpaired) electrons. The first-order chi connectivity index (χ1) is 14.4. The number of rotatable bonds is 5. The molecule has 3 aromatic rings. The molecule has 1 aliphatic heterocycles. The van der Waals surface area contributed by atoms with Crippen LogP contribution in [0.25, 0.3) is 10.9 Å². The molecule has 30 heavy (non-hydrogen) atoms. The van der Waals surface area contributed by atoms with Gasteiger partial charge in [0.15, 0.2) is 0 Å². The van der Waals surface area contributed by atoms with Crippen LogP contribution in [-0.2, 0) is 4.79 Å². The molecule has 154 valence electrons. The summed E-state index contributed by atoms with van der Waals surface area (Å²) in [7, 11) is 0. The number of nitrogens with one attached hydrogen (secondary N) is 2. The summed E-state index contributed by atoms with van der Waals surface area (Å²) in [5.41, 5.74) is 6.80. The molecule has 0 spiro atoms. The van der Waals surface area contributed by atoms with E-state index in [1.165, 1.54) is 19.1 Å². The molecule has 2 heterocycles. The van der Waals surface area contributed by atoms with Gasteiger partial charge >= 0.3 is 0 Å². The van der Waals surface area contributed by atoms with E-state index < -0.39 is 4.92 Å². The maximum absolute atomic E-state index is 11.4. The van der Waals surface area contributed by atoms with Gasteiger partial charge in [-0.3, -0.25) is 14.9 Å². The molecule has 1 fully saturated rings. The lowest BCUT2D eigenvalue weighted by molar-refractivity contribution is -0.383. The van der Waals surface area contributed by atoms with Crippen molar-refractivity contribution in [2.75, 3.05) is 29.0 Å². The first kappa shape index (κ1) is 19.4. The standard InChI is InChI=1S/C20H21N7O3/c1-12(28)22-14-8-9-26(11-14)19-15-4-2-3-5-17(15)24-20(25-19)23-13-6-7-16(21)18(10-13)27(29)30/h2-7,10,14H,8-9,11,21H2,1H3,(H,22,28)(H,23,24,25)/t14-/m0/s1. The fourth-order valence-corrected chi connectivity index (χ4v) is 3.62. The highest BCUT2D eigenvalue weighted by Gasteiger charge is 2.26. The van der Waals surface area contributed by atoms with E-state index in [0.717, 1.165) is 29.7 Å². The van der Waals surface area contributed by atoms with Crippen LogP contribution in [0.2, 0.25) is 0 Å². The number of hydrogen-bond acceptors (Lipinski definition) is 8. The fourth-order valence-electron chi connectivity index (χ4n) is 3.62. The SMILES string of the molecule is CC(=O)N[C@H]1CCN(c2nc(Nc3ccc(N)c([N+](=O)[O-])c3)nc3ccccc23)C1. The summed E-state index contributed by atoms with van der Waals surface area (Å²) < 4.78 is 0. The van der Waals surface area contributed by atoms with Crippen LogP contribution >= 0.6 is 0 Å². The monoisotopic (exact) mass is 407 g/mol. The largest absolute Gasteiger partial charge is 0.393 e. The number of carbonyl (C=O) groups excluding carboxylic acids is 1. The van der Waals surface area contributed by atoms with E-state index in [9.17, 15) is 14.9 Å². The fraction of sp³-hybridized carbons (Fsp3) is 0.250. The molecule has 0 bridgehead atoms. The van der Waals surface area contributed by atoms with Crippen LogP contribution in [0.5, 0.6) is 0 Å². The van der Waals surface area contributed by atoms with E-state index in [4.69, 9.17) is 5.73 Å². The first-order valence-electron chi connectivity index (χ1n) is 9.50. The van der Waals surface area contributed by atoms with Gasteiger partial charge in [0.1, 0.15) is 11.5 Å². The second-order valence-corrected chi connectivity index (χ2v) is 7.18. The molecule has 2 aromatic carbocycles. The third-order valence-corrected chi connectivity index (χ3v) is 4.96. The van der Waals surface area contributed by atoms with E-state index in [1.807, 2.05) is 24.3 Å². The Labute approximate surface area is 172 Å². The number of fused-ring (bicyclic) bond motifs is 1. The Morgan fingerprint density at radius 1 is 1.27 bits per heavy atom. The third-order valence-electron chi connectivity index (χ3n) is 4.96. The number of nitrogens with two attached hydrogens (primary N) is 1. The maximum Gasteiger partial charge on any atom is 0.294 e. The van der Waals surface area contributed by atoms with Gasteiger partial charge < -0.3 is 21.3 Å². The van der Waals surface area contributed by atoms with E-state index in [0.29, 0.717) is 18.2 Å². The number of anilines is 4. The Morgan fingerprint density at radius 3 is 2.83 bits per heavy atom. The summed E-state index contributed by atoms with van der Waals surface area (Å²) in [6.07, 6.45) is 0.824. The molecule has 1 saturated heterocycles. The summed E-state index contributed by atoms with van der Waals surface area (Å²) in [5.74, 6) is 1.02. The van der Waals surface area contributed by atoms with Gasteiger partial charge in [-0.2, -0.15) is 4.98 Å². The average molecular weight is 407 g/mol. The van der Waals surface area contributed by atoms with Crippen LogP contribution in [0.3, 0.4) is 0 Å². The number of para-hydroxylation sites is 1. The third kappa shape index (κ3) is 3.93. The molecule has 1 aliphatic rings. The van der Waals surface area contributed by atoms with E-state index >= 15 is 0 Å². The normalized spacial score (nSPS) is 15.9. The van der Waals surface area contributed by atoms with E-state index in [1.54, 1.807) is 6.07 Å². The van der Waals surface area contributed by atoms with E-state index in [2.05, 4.69) is 25.5 Å². The molecule has 0 aliphatic carbocycles. The van der Waals surface area contributed by atoms with Crippen LogP contribution in [-0.4, -0.2) is 39.9 Å². The Balaban J connectivity index is 1.68. The molecule has 0 saturated carbocycles. The van der Waals surface area contributed by atoms with Crippen molar-refractivity contribution in [2.24, 2.45) is 0 Å². The van der Waals surface area contributed by atoms with Gasteiger partial charge in [0.25, 0.3) is 5.69 Å². The summed E-state index contributed by atoms with van der Waals surface area (Å²) in [5, 5.41) is 18.1. The quantitative estimate of drug-likeness (QED) is 0.333. The number of hydrogen-bond donors (Lipinski definition) is 3. The summed E-state index contributed by atoms with van der Waals surface area (Å²) >= 11 is 0. The highest BCUT2D eigenvalue weighted by atomic mass is 16.6. The van der Waals surface area contributed by atoms with Crippen molar-refractivity contribution in [1.82, 2.24) is 15.3 Å². The second kappa shape index (κ2) is 7.82. The van der Waals surface area contributed by atoms with Crippen molar-refractivity contribution in [3.05, 3.63) is 52.6 Å². The number of nitrogens with zero attached hydrogens (tertiary/aromatic N) is 4. The number of nitro benzene ring substituents is 1.